The number of fused-ring (bicyclic) bond motifs is 1. The molecule has 0 bridgehead atoms. The number of para-hydroxylation sites is 1. The summed E-state index contributed by atoms with van der Waals surface area (Å²) in [7, 11) is 0. The first-order chi connectivity index (χ1) is 12.1. The fraction of sp³-hybridized carbons (Fsp3) is 0.318. The van der Waals surface area contributed by atoms with Crippen LogP contribution in [0, 0.1) is 13.8 Å². The Labute approximate surface area is 148 Å². The molecule has 1 fully saturated rings. The molecule has 0 radical (unpaired) electrons. The Hall–Kier alpha value is -2.55. The highest BCUT2D eigenvalue weighted by atomic mass is 16.2. The van der Waals surface area contributed by atoms with Crippen LogP contribution in [0.1, 0.15) is 45.8 Å². The lowest BCUT2D eigenvalue weighted by Gasteiger charge is -2.32. The highest BCUT2D eigenvalue weighted by molar-refractivity contribution is 5.96. The predicted octanol–water partition coefficient (Wildman–Crippen LogP) is 4.80. The number of carbonyl (C=O) groups is 1. The third-order valence-electron chi connectivity index (χ3n) is 5.68. The molecule has 1 aromatic heterocycles. The first-order valence-corrected chi connectivity index (χ1v) is 9.06. The number of nitrogens with one attached hydrogen (secondary N) is 1. The van der Waals surface area contributed by atoms with Gasteiger partial charge in [-0.05, 0) is 61.4 Å². The van der Waals surface area contributed by atoms with E-state index in [4.69, 9.17) is 0 Å². The zero-order valence-electron chi connectivity index (χ0n) is 14.9. The van der Waals surface area contributed by atoms with Gasteiger partial charge < -0.3 is 9.88 Å². The molecule has 0 unspecified atom stereocenters. The number of carbonyl (C=O) groups excluding carboxylic acids is 1. The average molecular weight is 332 g/mol. The van der Waals surface area contributed by atoms with Crippen LogP contribution in [0.25, 0.3) is 10.9 Å². The van der Waals surface area contributed by atoms with Crippen LogP contribution in [0.4, 0.5) is 0 Å². The van der Waals surface area contributed by atoms with Gasteiger partial charge in [0.25, 0.3) is 5.91 Å². The largest absolute Gasteiger partial charge is 0.361 e. The van der Waals surface area contributed by atoms with Crippen molar-refractivity contribution >= 4 is 16.8 Å². The first-order valence-electron chi connectivity index (χ1n) is 9.06. The summed E-state index contributed by atoms with van der Waals surface area (Å²) in [6, 6.07) is 14.5. The normalized spacial score (nSPS) is 15.7. The van der Waals surface area contributed by atoms with Gasteiger partial charge in [-0.3, -0.25) is 4.79 Å². The van der Waals surface area contributed by atoms with Gasteiger partial charge in [-0.2, -0.15) is 0 Å². The van der Waals surface area contributed by atoms with Crippen LogP contribution in [0.15, 0.2) is 48.7 Å². The SMILES string of the molecule is Cc1cccc(C(=O)N2CCC(c3c[nH]c4ccccc34)CC2)c1C. The zero-order valence-corrected chi connectivity index (χ0v) is 14.9. The number of hydrogen-bond acceptors (Lipinski definition) is 1. The van der Waals surface area contributed by atoms with Crippen LogP contribution in [0.5, 0.6) is 0 Å². The van der Waals surface area contributed by atoms with Crippen LogP contribution in [-0.4, -0.2) is 28.9 Å². The number of nitrogens with zero attached hydrogens (tertiary/aromatic N) is 1. The van der Waals surface area contributed by atoms with E-state index < -0.39 is 0 Å². The molecule has 0 saturated carbocycles. The molecule has 25 heavy (non-hydrogen) atoms. The smallest absolute Gasteiger partial charge is 0.254 e. The Morgan fingerprint density at radius 2 is 1.80 bits per heavy atom. The van der Waals surface area contributed by atoms with E-state index in [9.17, 15) is 4.79 Å². The van der Waals surface area contributed by atoms with Gasteiger partial charge in [-0.15, -0.1) is 0 Å². The minimum absolute atomic E-state index is 0.179. The maximum absolute atomic E-state index is 12.9. The number of benzene rings is 2. The second-order valence-electron chi connectivity index (χ2n) is 7.10. The number of rotatable bonds is 2. The molecule has 1 aliphatic heterocycles. The van der Waals surface area contributed by atoms with E-state index in [1.54, 1.807) is 0 Å². The van der Waals surface area contributed by atoms with Gasteiger partial charge in [0.1, 0.15) is 0 Å². The number of likely N-dealkylation sites (tertiary alicyclic amines) is 1. The lowest BCUT2D eigenvalue weighted by molar-refractivity contribution is 0.0712. The van der Waals surface area contributed by atoms with Gasteiger partial charge in [-0.25, -0.2) is 0 Å². The van der Waals surface area contributed by atoms with Crippen LogP contribution in [0.2, 0.25) is 0 Å². The monoisotopic (exact) mass is 332 g/mol. The Balaban J connectivity index is 1.50. The Morgan fingerprint density at radius 1 is 1.04 bits per heavy atom. The Bertz CT molecular complexity index is 917. The zero-order chi connectivity index (χ0) is 17.4. The van der Waals surface area contributed by atoms with Gasteiger partial charge in [0.15, 0.2) is 0 Å². The second-order valence-corrected chi connectivity index (χ2v) is 7.10. The van der Waals surface area contributed by atoms with Crippen molar-refractivity contribution in [2.75, 3.05) is 13.1 Å². The molecule has 2 aromatic carbocycles. The summed E-state index contributed by atoms with van der Waals surface area (Å²) in [4.78, 5) is 18.3. The number of aromatic nitrogens is 1. The molecule has 3 nitrogen and oxygen atoms in total. The van der Waals surface area contributed by atoms with Gasteiger partial charge in [0, 0.05) is 35.8 Å². The quantitative estimate of drug-likeness (QED) is 0.718. The topological polar surface area (TPSA) is 36.1 Å². The average Bonchev–Trinajstić information content (AvgIpc) is 3.08. The maximum Gasteiger partial charge on any atom is 0.254 e. The minimum atomic E-state index is 0.179. The van der Waals surface area contributed by atoms with Gasteiger partial charge in [0.2, 0.25) is 0 Å². The summed E-state index contributed by atoms with van der Waals surface area (Å²) < 4.78 is 0. The summed E-state index contributed by atoms with van der Waals surface area (Å²) >= 11 is 0. The van der Waals surface area contributed by atoms with Gasteiger partial charge in [-0.1, -0.05) is 30.3 Å². The third-order valence-corrected chi connectivity index (χ3v) is 5.68. The van der Waals surface area contributed by atoms with Crippen molar-refractivity contribution < 1.29 is 4.79 Å². The molecule has 1 aliphatic rings. The van der Waals surface area contributed by atoms with Crippen LogP contribution in [0.3, 0.4) is 0 Å². The first kappa shape index (κ1) is 15.9. The fourth-order valence-electron chi connectivity index (χ4n) is 3.98. The molecule has 0 aliphatic carbocycles. The van der Waals surface area contributed by atoms with Crippen molar-refractivity contribution in [3.8, 4) is 0 Å². The number of hydrogen-bond donors (Lipinski definition) is 1. The third kappa shape index (κ3) is 2.84. The van der Waals surface area contributed by atoms with Crippen LogP contribution in [-0.2, 0) is 0 Å². The molecular formula is C22H24N2O. The number of amides is 1. The number of H-pyrrole nitrogens is 1. The highest BCUT2D eigenvalue weighted by Gasteiger charge is 2.26. The lowest BCUT2D eigenvalue weighted by atomic mass is 9.89. The summed E-state index contributed by atoms with van der Waals surface area (Å²) in [6.07, 6.45) is 4.20. The molecule has 128 valence electrons. The van der Waals surface area contributed by atoms with Crippen molar-refractivity contribution in [2.24, 2.45) is 0 Å². The van der Waals surface area contributed by atoms with Crippen LogP contribution < -0.4 is 0 Å². The number of piperidine rings is 1. The fourth-order valence-corrected chi connectivity index (χ4v) is 3.98. The summed E-state index contributed by atoms with van der Waals surface area (Å²) in [6.45, 7) is 5.77. The maximum atomic E-state index is 12.9. The van der Waals surface area contributed by atoms with E-state index in [-0.39, 0.29) is 5.91 Å². The molecule has 3 aromatic rings. The standard InChI is InChI=1S/C22H24N2O/c1-15-6-5-8-18(16(15)2)22(25)24-12-10-17(11-13-24)20-14-23-21-9-4-3-7-19(20)21/h3-9,14,17,23H,10-13H2,1-2H3. The molecular weight excluding hydrogens is 308 g/mol. The molecule has 0 atom stereocenters. The number of aromatic amines is 1. The summed E-state index contributed by atoms with van der Waals surface area (Å²) in [5, 5.41) is 1.32. The lowest BCUT2D eigenvalue weighted by Crippen LogP contribution is -2.38. The molecule has 1 N–H and O–H groups in total. The summed E-state index contributed by atoms with van der Waals surface area (Å²) in [5.74, 6) is 0.706. The Morgan fingerprint density at radius 3 is 2.60 bits per heavy atom. The molecule has 1 saturated heterocycles. The minimum Gasteiger partial charge on any atom is -0.361 e. The van der Waals surface area contributed by atoms with Crippen molar-refractivity contribution in [1.82, 2.24) is 9.88 Å². The molecule has 3 heteroatoms. The van der Waals surface area contributed by atoms with Crippen molar-refractivity contribution in [3.63, 3.8) is 0 Å². The summed E-state index contributed by atoms with van der Waals surface area (Å²) in [5.41, 5.74) is 5.73. The van der Waals surface area contributed by atoms with Gasteiger partial charge in [0.05, 0.1) is 0 Å². The molecule has 2 heterocycles. The van der Waals surface area contributed by atoms with E-state index in [1.165, 1.54) is 22.0 Å². The predicted molar refractivity (Wildman–Crippen MR) is 102 cm³/mol. The highest BCUT2D eigenvalue weighted by Crippen LogP contribution is 2.33. The van der Waals surface area contributed by atoms with Crippen molar-refractivity contribution in [3.05, 3.63) is 70.9 Å². The van der Waals surface area contributed by atoms with Gasteiger partial charge >= 0.3 is 0 Å². The number of aryl methyl sites for hydroxylation is 1. The van der Waals surface area contributed by atoms with E-state index in [2.05, 4.69) is 48.4 Å². The molecule has 1 amide bonds. The van der Waals surface area contributed by atoms with E-state index in [1.807, 2.05) is 24.0 Å². The molecule has 4 rings (SSSR count). The second kappa shape index (κ2) is 6.40. The van der Waals surface area contributed by atoms with E-state index in [0.29, 0.717) is 5.92 Å². The van der Waals surface area contributed by atoms with Crippen LogP contribution >= 0.6 is 0 Å². The van der Waals surface area contributed by atoms with E-state index >= 15 is 0 Å². The molecule has 0 spiro atoms. The Kier molecular flexibility index (Phi) is 4.08. The van der Waals surface area contributed by atoms with Crippen molar-refractivity contribution in [2.45, 2.75) is 32.6 Å². The van der Waals surface area contributed by atoms with Crippen molar-refractivity contribution in [1.29, 1.82) is 0 Å². The van der Waals surface area contributed by atoms with E-state index in [0.717, 1.165) is 37.1 Å².